The van der Waals surface area contributed by atoms with Crippen LogP contribution in [0, 0.1) is 11.8 Å². The Morgan fingerprint density at radius 3 is 2.84 bits per heavy atom. The monoisotopic (exact) mass is 256 g/mol. The first kappa shape index (κ1) is 11.9. The number of hydrogen-bond donors (Lipinski definition) is 2. The first-order chi connectivity index (χ1) is 9.43. The van der Waals surface area contributed by atoms with Crippen molar-refractivity contribution in [1.29, 1.82) is 0 Å². The van der Waals surface area contributed by atoms with Crippen LogP contribution >= 0.6 is 0 Å². The van der Waals surface area contributed by atoms with E-state index in [4.69, 9.17) is 0 Å². The summed E-state index contributed by atoms with van der Waals surface area (Å²) in [6, 6.07) is 9.94. The van der Waals surface area contributed by atoms with Crippen LogP contribution in [-0.4, -0.2) is 25.7 Å². The molecule has 0 spiro atoms. The number of benzene rings is 1. The Morgan fingerprint density at radius 2 is 1.95 bits per heavy atom. The molecule has 0 aromatic heterocycles. The van der Waals surface area contributed by atoms with Crippen LogP contribution in [-0.2, 0) is 6.42 Å². The summed E-state index contributed by atoms with van der Waals surface area (Å²) in [5.41, 5.74) is 3.27. The van der Waals surface area contributed by atoms with Crippen molar-refractivity contribution in [2.45, 2.75) is 37.6 Å². The van der Waals surface area contributed by atoms with Crippen molar-refractivity contribution in [1.82, 2.24) is 10.6 Å². The second-order valence-electron chi connectivity index (χ2n) is 6.52. The summed E-state index contributed by atoms with van der Waals surface area (Å²) >= 11 is 0. The van der Waals surface area contributed by atoms with E-state index < -0.39 is 0 Å². The van der Waals surface area contributed by atoms with E-state index in [1.54, 1.807) is 11.1 Å². The Morgan fingerprint density at radius 1 is 1.05 bits per heavy atom. The number of rotatable bonds is 6. The van der Waals surface area contributed by atoms with Crippen molar-refractivity contribution < 1.29 is 0 Å². The molecule has 4 rings (SSSR count). The summed E-state index contributed by atoms with van der Waals surface area (Å²) in [6.07, 6.45) is 5.50. The predicted molar refractivity (Wildman–Crippen MR) is 78.4 cm³/mol. The van der Waals surface area contributed by atoms with Crippen molar-refractivity contribution in [3.05, 3.63) is 35.4 Å². The molecule has 0 bridgehead atoms. The van der Waals surface area contributed by atoms with E-state index in [-0.39, 0.29) is 0 Å². The molecule has 3 aliphatic carbocycles. The van der Waals surface area contributed by atoms with E-state index in [2.05, 4.69) is 34.9 Å². The number of aryl methyl sites for hydroxylation is 1. The van der Waals surface area contributed by atoms with Gasteiger partial charge in [-0.25, -0.2) is 0 Å². The van der Waals surface area contributed by atoms with E-state index in [0.29, 0.717) is 0 Å². The molecule has 0 amide bonds. The van der Waals surface area contributed by atoms with E-state index in [1.165, 1.54) is 32.2 Å². The minimum Gasteiger partial charge on any atom is -0.315 e. The van der Waals surface area contributed by atoms with Crippen LogP contribution in [0.3, 0.4) is 0 Å². The van der Waals surface area contributed by atoms with Gasteiger partial charge in [0.2, 0.25) is 0 Å². The minimum atomic E-state index is 0.845. The largest absolute Gasteiger partial charge is 0.315 e. The molecule has 1 aromatic carbocycles. The highest BCUT2D eigenvalue weighted by Crippen LogP contribution is 2.59. The summed E-state index contributed by atoms with van der Waals surface area (Å²) in [5.74, 6) is 2.75. The SMILES string of the molecule is c1ccc2c(c1)CCC1C(CNCCNC3CC3)C21. The van der Waals surface area contributed by atoms with Crippen molar-refractivity contribution in [2.75, 3.05) is 19.6 Å². The van der Waals surface area contributed by atoms with Gasteiger partial charge in [0.15, 0.2) is 0 Å². The molecule has 3 unspecified atom stereocenters. The molecule has 102 valence electrons. The van der Waals surface area contributed by atoms with Gasteiger partial charge in [-0.05, 0) is 61.1 Å². The van der Waals surface area contributed by atoms with E-state index in [1.807, 2.05) is 0 Å². The fraction of sp³-hybridized carbons (Fsp3) is 0.647. The Hall–Kier alpha value is -0.860. The molecule has 2 N–H and O–H groups in total. The Kier molecular flexibility index (Phi) is 3.08. The van der Waals surface area contributed by atoms with E-state index in [0.717, 1.165) is 36.9 Å². The highest BCUT2D eigenvalue weighted by atomic mass is 15.0. The zero-order valence-electron chi connectivity index (χ0n) is 11.6. The van der Waals surface area contributed by atoms with Gasteiger partial charge in [0, 0.05) is 19.1 Å². The molecule has 2 fully saturated rings. The first-order valence-corrected chi connectivity index (χ1v) is 7.95. The first-order valence-electron chi connectivity index (χ1n) is 7.95. The molecule has 1 aromatic rings. The lowest BCUT2D eigenvalue weighted by atomic mass is 9.92. The Balaban J connectivity index is 1.26. The fourth-order valence-corrected chi connectivity index (χ4v) is 3.91. The van der Waals surface area contributed by atoms with Gasteiger partial charge in [-0.1, -0.05) is 24.3 Å². The van der Waals surface area contributed by atoms with Gasteiger partial charge in [0.05, 0.1) is 0 Å². The maximum absolute atomic E-state index is 3.66. The van der Waals surface area contributed by atoms with Crippen molar-refractivity contribution in [3.63, 3.8) is 0 Å². The lowest BCUT2D eigenvalue weighted by Crippen LogP contribution is -2.30. The molecule has 0 aliphatic heterocycles. The van der Waals surface area contributed by atoms with Gasteiger partial charge in [0.25, 0.3) is 0 Å². The summed E-state index contributed by atoms with van der Waals surface area (Å²) in [7, 11) is 0. The lowest BCUT2D eigenvalue weighted by molar-refractivity contribution is 0.557. The molecule has 2 nitrogen and oxygen atoms in total. The second-order valence-corrected chi connectivity index (χ2v) is 6.52. The number of fused-ring (bicyclic) bond motifs is 3. The van der Waals surface area contributed by atoms with Crippen molar-refractivity contribution in [3.8, 4) is 0 Å². The van der Waals surface area contributed by atoms with Gasteiger partial charge in [-0.15, -0.1) is 0 Å². The molecule has 0 radical (unpaired) electrons. The Labute approximate surface area is 116 Å². The highest BCUT2D eigenvalue weighted by molar-refractivity contribution is 5.39. The van der Waals surface area contributed by atoms with Gasteiger partial charge in [0.1, 0.15) is 0 Å². The van der Waals surface area contributed by atoms with Crippen molar-refractivity contribution in [2.24, 2.45) is 11.8 Å². The Bertz CT molecular complexity index is 452. The van der Waals surface area contributed by atoms with Gasteiger partial charge in [-0.3, -0.25) is 0 Å². The smallest absolute Gasteiger partial charge is 0.00793 e. The van der Waals surface area contributed by atoms with Crippen LogP contribution in [0.25, 0.3) is 0 Å². The third-order valence-corrected chi connectivity index (χ3v) is 5.18. The topological polar surface area (TPSA) is 24.1 Å². The molecule has 2 heteroatoms. The normalized spacial score (nSPS) is 31.7. The molecule has 19 heavy (non-hydrogen) atoms. The summed E-state index contributed by atoms with van der Waals surface area (Å²) in [6.45, 7) is 3.49. The predicted octanol–water partition coefficient (Wildman–Crippen LogP) is 2.30. The standard InChI is InChI=1S/C17H24N2/c1-2-4-14-12(3-1)5-8-15-16(17(14)15)11-18-9-10-19-13-6-7-13/h1-4,13,15-19H,5-11H2. The fourth-order valence-electron chi connectivity index (χ4n) is 3.91. The third-order valence-electron chi connectivity index (χ3n) is 5.18. The van der Waals surface area contributed by atoms with Crippen LogP contribution < -0.4 is 10.6 Å². The molecule has 3 aliphatic rings. The zero-order valence-corrected chi connectivity index (χ0v) is 11.6. The highest BCUT2D eigenvalue weighted by Gasteiger charge is 2.52. The quantitative estimate of drug-likeness (QED) is 0.763. The van der Waals surface area contributed by atoms with Crippen molar-refractivity contribution >= 4 is 0 Å². The van der Waals surface area contributed by atoms with Gasteiger partial charge >= 0.3 is 0 Å². The second kappa shape index (κ2) is 4.92. The number of hydrogen-bond acceptors (Lipinski definition) is 2. The zero-order chi connectivity index (χ0) is 12.7. The van der Waals surface area contributed by atoms with Crippen LogP contribution in [0.1, 0.15) is 36.3 Å². The van der Waals surface area contributed by atoms with Crippen LogP contribution in [0.5, 0.6) is 0 Å². The molecule has 2 saturated carbocycles. The maximum atomic E-state index is 3.66. The summed E-state index contributed by atoms with van der Waals surface area (Å²) in [4.78, 5) is 0. The molecular formula is C17H24N2. The average Bonchev–Trinajstić information content (AvgIpc) is 3.34. The van der Waals surface area contributed by atoms with Gasteiger partial charge < -0.3 is 10.6 Å². The average molecular weight is 256 g/mol. The third kappa shape index (κ3) is 2.44. The van der Waals surface area contributed by atoms with Crippen LogP contribution in [0.2, 0.25) is 0 Å². The molecule has 0 saturated heterocycles. The van der Waals surface area contributed by atoms with Crippen LogP contribution in [0.15, 0.2) is 24.3 Å². The summed E-state index contributed by atoms with van der Waals surface area (Å²) in [5, 5.41) is 7.22. The lowest BCUT2D eigenvalue weighted by Gasteiger charge is -2.13. The molecule has 0 heterocycles. The molecule has 3 atom stereocenters. The van der Waals surface area contributed by atoms with Gasteiger partial charge in [-0.2, -0.15) is 0 Å². The number of nitrogens with one attached hydrogen (secondary N) is 2. The van der Waals surface area contributed by atoms with E-state index in [9.17, 15) is 0 Å². The maximum Gasteiger partial charge on any atom is 0.00793 e. The minimum absolute atomic E-state index is 0.845. The molecular weight excluding hydrogens is 232 g/mol. The van der Waals surface area contributed by atoms with Crippen LogP contribution in [0.4, 0.5) is 0 Å². The van der Waals surface area contributed by atoms with E-state index >= 15 is 0 Å². The summed E-state index contributed by atoms with van der Waals surface area (Å²) < 4.78 is 0.